The number of nitrogens with zero attached hydrogens (tertiary/aromatic N) is 2. The van der Waals surface area contributed by atoms with Crippen LogP contribution in [-0.2, 0) is 9.53 Å². The molecular weight excluding hydrogens is 468 g/mol. The van der Waals surface area contributed by atoms with Crippen molar-refractivity contribution in [3.8, 4) is 20.3 Å². The topological polar surface area (TPSA) is 87.3 Å². The molecule has 1 saturated heterocycles. The summed E-state index contributed by atoms with van der Waals surface area (Å²) in [6.45, 7) is 4.47. The Morgan fingerprint density at radius 2 is 2.03 bits per heavy atom. The van der Waals surface area contributed by atoms with Crippen LogP contribution in [0.25, 0.3) is 20.3 Å². The highest BCUT2D eigenvalue weighted by Gasteiger charge is 2.37. The van der Waals surface area contributed by atoms with E-state index in [0.717, 1.165) is 29.2 Å². The maximum atomic E-state index is 13.3. The highest BCUT2D eigenvalue weighted by Crippen LogP contribution is 2.37. The second-order valence-corrected chi connectivity index (χ2v) is 9.90. The maximum Gasteiger partial charge on any atom is 0.407 e. The van der Waals surface area contributed by atoms with Crippen LogP contribution >= 0.6 is 35.1 Å². The molecule has 0 bridgehead atoms. The molecule has 3 aromatic heterocycles. The van der Waals surface area contributed by atoms with Gasteiger partial charge in [-0.3, -0.25) is 4.79 Å². The predicted molar refractivity (Wildman–Crippen MR) is 130 cm³/mol. The van der Waals surface area contributed by atoms with Crippen LogP contribution in [0, 0.1) is 5.92 Å². The molecule has 2 atom stereocenters. The number of carbonyl (C=O) groups is 2. The van der Waals surface area contributed by atoms with Crippen LogP contribution in [0.1, 0.15) is 38.6 Å². The summed E-state index contributed by atoms with van der Waals surface area (Å²) in [6.07, 6.45) is 2.98. The fraction of sp³-hybridized carbons (Fsp3) is 0.409. The van der Waals surface area contributed by atoms with E-state index >= 15 is 0 Å². The van der Waals surface area contributed by atoms with E-state index in [1.54, 1.807) is 22.7 Å². The molecule has 0 spiro atoms. The third-order valence-corrected chi connectivity index (χ3v) is 7.66. The minimum Gasteiger partial charge on any atom is -0.453 e. The first-order chi connectivity index (χ1) is 15.0. The lowest BCUT2D eigenvalue weighted by molar-refractivity contribution is -0.135. The number of hydrogen-bond donors (Lipinski definition) is 2. The summed E-state index contributed by atoms with van der Waals surface area (Å²) in [4.78, 5) is 38.4. The fourth-order valence-electron chi connectivity index (χ4n) is 3.86. The van der Waals surface area contributed by atoms with Gasteiger partial charge < -0.3 is 19.9 Å². The molecule has 2 N–H and O–H groups in total. The zero-order chi connectivity index (χ0) is 22.0. The van der Waals surface area contributed by atoms with Gasteiger partial charge in [-0.05, 0) is 42.3 Å². The van der Waals surface area contributed by atoms with Gasteiger partial charge in [0.1, 0.15) is 11.9 Å². The third kappa shape index (κ3) is 5.00. The molecule has 0 radical (unpaired) electrons. The molecule has 2 amide bonds. The van der Waals surface area contributed by atoms with E-state index in [4.69, 9.17) is 4.74 Å². The van der Waals surface area contributed by atoms with E-state index in [1.165, 1.54) is 16.9 Å². The van der Waals surface area contributed by atoms with Gasteiger partial charge in [-0.2, -0.15) is 0 Å². The number of amides is 2. The molecule has 0 unspecified atom stereocenters. The van der Waals surface area contributed by atoms with Crippen molar-refractivity contribution in [2.75, 3.05) is 13.7 Å². The number of likely N-dealkylation sites (tertiary alicyclic amines) is 1. The van der Waals surface area contributed by atoms with Crippen LogP contribution in [0.2, 0.25) is 0 Å². The molecule has 1 aliphatic rings. The van der Waals surface area contributed by atoms with Gasteiger partial charge in [0.15, 0.2) is 0 Å². The Kier molecular flexibility index (Phi) is 7.97. The van der Waals surface area contributed by atoms with Crippen LogP contribution in [0.15, 0.2) is 35.8 Å². The summed E-state index contributed by atoms with van der Waals surface area (Å²) in [5.74, 6) is 0.631. The Morgan fingerprint density at radius 3 is 2.72 bits per heavy atom. The molecule has 0 saturated carbocycles. The lowest BCUT2D eigenvalue weighted by Crippen LogP contribution is -2.51. The molecule has 172 valence electrons. The van der Waals surface area contributed by atoms with E-state index in [-0.39, 0.29) is 30.3 Å². The van der Waals surface area contributed by atoms with Gasteiger partial charge in [0.25, 0.3) is 0 Å². The van der Waals surface area contributed by atoms with Crippen LogP contribution < -0.4 is 5.32 Å². The van der Waals surface area contributed by atoms with Crippen molar-refractivity contribution in [1.82, 2.24) is 20.2 Å². The summed E-state index contributed by atoms with van der Waals surface area (Å²) >= 11 is 3.45. The summed E-state index contributed by atoms with van der Waals surface area (Å²) in [7, 11) is 1.30. The maximum absolute atomic E-state index is 13.3. The van der Waals surface area contributed by atoms with Gasteiger partial charge in [-0.15, -0.1) is 35.1 Å². The molecule has 1 aliphatic heterocycles. The average Bonchev–Trinajstić information content (AvgIpc) is 3.56. The first kappa shape index (κ1) is 24.3. The largest absolute Gasteiger partial charge is 0.453 e. The second-order valence-electron chi connectivity index (χ2n) is 7.87. The van der Waals surface area contributed by atoms with E-state index in [0.29, 0.717) is 6.54 Å². The number of hydrogen-bond acceptors (Lipinski definition) is 6. The summed E-state index contributed by atoms with van der Waals surface area (Å²) in [5.41, 5.74) is 0.954. The molecule has 32 heavy (non-hydrogen) atoms. The quantitative estimate of drug-likeness (QED) is 0.484. The Bertz CT molecular complexity index is 1050. The lowest BCUT2D eigenvalue weighted by atomic mass is 10.0. The lowest BCUT2D eigenvalue weighted by Gasteiger charge is -2.30. The number of methoxy groups -OCH3 is 1. The summed E-state index contributed by atoms with van der Waals surface area (Å²) in [5, 5.41) is 4.76. The number of aromatic nitrogens is 2. The molecule has 3 aromatic rings. The van der Waals surface area contributed by atoms with Crippen LogP contribution in [-0.4, -0.2) is 46.6 Å². The van der Waals surface area contributed by atoms with Gasteiger partial charge in [0, 0.05) is 16.3 Å². The van der Waals surface area contributed by atoms with Gasteiger partial charge in [0.2, 0.25) is 5.91 Å². The van der Waals surface area contributed by atoms with E-state index < -0.39 is 12.1 Å². The average molecular weight is 495 g/mol. The number of thiophene rings is 2. The fourth-order valence-corrected chi connectivity index (χ4v) is 5.66. The van der Waals surface area contributed by atoms with E-state index in [2.05, 4.69) is 44.9 Å². The Labute approximate surface area is 201 Å². The molecule has 0 aliphatic carbocycles. The van der Waals surface area contributed by atoms with Crippen molar-refractivity contribution >= 4 is 47.1 Å². The third-order valence-electron chi connectivity index (χ3n) is 5.47. The van der Waals surface area contributed by atoms with E-state index in [1.807, 2.05) is 24.9 Å². The number of aromatic amines is 1. The zero-order valence-corrected chi connectivity index (χ0v) is 20.6. The van der Waals surface area contributed by atoms with Crippen LogP contribution in [0.3, 0.4) is 0 Å². The molecular formula is C22H27ClN4O3S2. The Balaban J connectivity index is 0.00000289. The number of H-pyrrole nitrogens is 1. The second kappa shape index (κ2) is 10.5. The standard InChI is InChI=1S/C22H26N4O3S2.ClH/c1-13(2)19(25-22(28)29-3)21(27)26-10-4-6-15(26)20-23-12-14(24-20)16-8-9-18(31-16)17-7-5-11-30-17;/h5,7-9,11-13,15,19H,4,6,10H2,1-3H3,(H,23,24)(H,25,28);1H/t15-,19-;/m0./s1. The number of imidazole rings is 1. The highest BCUT2D eigenvalue weighted by molar-refractivity contribution is 7.23. The summed E-state index contributed by atoms with van der Waals surface area (Å²) in [6, 6.07) is 7.65. The van der Waals surface area contributed by atoms with Gasteiger partial charge in [-0.1, -0.05) is 19.9 Å². The number of carbonyl (C=O) groups excluding carboxylic acids is 2. The molecule has 1 fully saturated rings. The highest BCUT2D eigenvalue weighted by atomic mass is 35.5. The van der Waals surface area contributed by atoms with Crippen molar-refractivity contribution in [3.05, 3.63) is 41.7 Å². The number of rotatable bonds is 6. The number of halogens is 1. The van der Waals surface area contributed by atoms with Gasteiger partial charge in [-0.25, -0.2) is 9.78 Å². The van der Waals surface area contributed by atoms with Crippen molar-refractivity contribution in [1.29, 1.82) is 0 Å². The molecule has 4 heterocycles. The van der Waals surface area contributed by atoms with Crippen molar-refractivity contribution in [2.45, 2.75) is 38.8 Å². The predicted octanol–water partition coefficient (Wildman–Crippen LogP) is 5.33. The Hall–Kier alpha value is -2.36. The minimum absolute atomic E-state index is 0. The van der Waals surface area contributed by atoms with Crippen molar-refractivity contribution < 1.29 is 14.3 Å². The smallest absolute Gasteiger partial charge is 0.407 e. The number of ether oxygens (including phenoxy) is 1. The normalized spacial score (nSPS) is 16.6. The Morgan fingerprint density at radius 1 is 1.25 bits per heavy atom. The number of nitrogens with one attached hydrogen (secondary N) is 2. The zero-order valence-electron chi connectivity index (χ0n) is 18.2. The number of alkyl carbamates (subject to hydrolysis) is 1. The van der Waals surface area contributed by atoms with Crippen molar-refractivity contribution in [2.24, 2.45) is 5.92 Å². The monoisotopic (exact) mass is 494 g/mol. The van der Waals surface area contributed by atoms with Crippen molar-refractivity contribution in [3.63, 3.8) is 0 Å². The molecule has 4 rings (SSSR count). The van der Waals surface area contributed by atoms with Crippen LogP contribution in [0.4, 0.5) is 4.79 Å². The molecule has 7 nitrogen and oxygen atoms in total. The summed E-state index contributed by atoms with van der Waals surface area (Å²) < 4.78 is 4.70. The van der Waals surface area contributed by atoms with Gasteiger partial charge in [0.05, 0.1) is 29.9 Å². The molecule has 10 heteroatoms. The van der Waals surface area contributed by atoms with Crippen LogP contribution in [0.5, 0.6) is 0 Å². The SMILES string of the molecule is COC(=O)N[C@H](C(=O)N1CCC[C@H]1c1ncc(-c2ccc(-c3cccs3)s2)[nH]1)C(C)C.Cl. The minimum atomic E-state index is -0.631. The van der Waals surface area contributed by atoms with E-state index in [9.17, 15) is 9.59 Å². The van der Waals surface area contributed by atoms with Gasteiger partial charge >= 0.3 is 6.09 Å². The first-order valence-corrected chi connectivity index (χ1v) is 12.0. The first-order valence-electron chi connectivity index (χ1n) is 10.3. The molecule has 0 aromatic carbocycles.